The molecule has 100 valence electrons. The van der Waals surface area contributed by atoms with Crippen LogP contribution in [0.2, 0.25) is 0 Å². The molecule has 3 heteroatoms. The summed E-state index contributed by atoms with van der Waals surface area (Å²) in [5.41, 5.74) is 4.90. The topological polar surface area (TPSA) is 3.24 Å². The fourth-order valence-corrected chi connectivity index (χ4v) is 2.85. The van der Waals surface area contributed by atoms with E-state index in [1.54, 1.807) is 0 Å². The standard InChI is InChI=1S/C16H17BrClN/c1-12-6-7-16(14(8-12)10-18)19(2)11-13-4-3-5-15(17)9-13/h3-9H,10-11H2,1-2H3. The first-order valence-corrected chi connectivity index (χ1v) is 7.54. The van der Waals surface area contributed by atoms with Crippen LogP contribution in [0.5, 0.6) is 0 Å². The second kappa shape index (κ2) is 6.44. The van der Waals surface area contributed by atoms with Crippen LogP contribution in [-0.2, 0) is 12.4 Å². The minimum Gasteiger partial charge on any atom is -0.370 e. The SMILES string of the molecule is Cc1ccc(N(C)Cc2cccc(Br)c2)c(CCl)c1. The summed E-state index contributed by atoms with van der Waals surface area (Å²) in [5, 5.41) is 0. The van der Waals surface area contributed by atoms with Crippen molar-refractivity contribution in [3.05, 3.63) is 63.6 Å². The van der Waals surface area contributed by atoms with E-state index >= 15 is 0 Å². The molecule has 2 aromatic carbocycles. The average Bonchev–Trinajstić information content (AvgIpc) is 2.38. The van der Waals surface area contributed by atoms with Crippen molar-refractivity contribution in [1.82, 2.24) is 0 Å². The number of aryl methyl sites for hydroxylation is 1. The highest BCUT2D eigenvalue weighted by Gasteiger charge is 2.08. The Morgan fingerprint density at radius 2 is 1.95 bits per heavy atom. The molecule has 0 N–H and O–H groups in total. The maximum absolute atomic E-state index is 6.04. The lowest BCUT2D eigenvalue weighted by molar-refractivity contribution is 0.914. The number of alkyl halides is 1. The molecule has 0 atom stereocenters. The Morgan fingerprint density at radius 3 is 2.63 bits per heavy atom. The third-order valence-corrected chi connectivity index (χ3v) is 3.88. The molecule has 0 aliphatic carbocycles. The van der Waals surface area contributed by atoms with E-state index in [1.807, 2.05) is 6.07 Å². The second-order valence-electron chi connectivity index (χ2n) is 4.75. The summed E-state index contributed by atoms with van der Waals surface area (Å²) in [6.07, 6.45) is 0. The van der Waals surface area contributed by atoms with Crippen molar-refractivity contribution in [1.29, 1.82) is 0 Å². The Balaban J connectivity index is 2.22. The predicted molar refractivity (Wildman–Crippen MR) is 87.0 cm³/mol. The minimum atomic E-state index is 0.542. The zero-order valence-electron chi connectivity index (χ0n) is 11.2. The van der Waals surface area contributed by atoms with Gasteiger partial charge in [-0.3, -0.25) is 0 Å². The number of nitrogens with zero attached hydrogens (tertiary/aromatic N) is 1. The highest BCUT2D eigenvalue weighted by Crippen LogP contribution is 2.24. The molecule has 0 bridgehead atoms. The molecular formula is C16H17BrClN. The van der Waals surface area contributed by atoms with Crippen molar-refractivity contribution >= 4 is 33.2 Å². The zero-order valence-corrected chi connectivity index (χ0v) is 13.5. The summed E-state index contributed by atoms with van der Waals surface area (Å²) < 4.78 is 1.11. The molecule has 0 fully saturated rings. The van der Waals surface area contributed by atoms with Gasteiger partial charge in [0.05, 0.1) is 0 Å². The Bertz CT molecular complexity index is 568. The van der Waals surface area contributed by atoms with Gasteiger partial charge >= 0.3 is 0 Å². The van der Waals surface area contributed by atoms with Gasteiger partial charge in [0, 0.05) is 29.6 Å². The van der Waals surface area contributed by atoms with E-state index in [1.165, 1.54) is 22.4 Å². The van der Waals surface area contributed by atoms with Crippen LogP contribution >= 0.6 is 27.5 Å². The molecular weight excluding hydrogens is 322 g/mol. The van der Waals surface area contributed by atoms with Gasteiger partial charge in [0.15, 0.2) is 0 Å². The van der Waals surface area contributed by atoms with Gasteiger partial charge < -0.3 is 4.90 Å². The molecule has 0 saturated carbocycles. The average molecular weight is 339 g/mol. The van der Waals surface area contributed by atoms with Crippen molar-refractivity contribution in [2.24, 2.45) is 0 Å². The lowest BCUT2D eigenvalue weighted by Gasteiger charge is -2.22. The molecule has 0 radical (unpaired) electrons. The number of rotatable bonds is 4. The largest absolute Gasteiger partial charge is 0.370 e. The van der Waals surface area contributed by atoms with Crippen LogP contribution in [0.1, 0.15) is 16.7 Å². The van der Waals surface area contributed by atoms with E-state index < -0.39 is 0 Å². The highest BCUT2D eigenvalue weighted by atomic mass is 79.9. The van der Waals surface area contributed by atoms with E-state index in [-0.39, 0.29) is 0 Å². The van der Waals surface area contributed by atoms with E-state index in [0.717, 1.165) is 11.0 Å². The van der Waals surface area contributed by atoms with Gasteiger partial charge in [0.1, 0.15) is 0 Å². The highest BCUT2D eigenvalue weighted by molar-refractivity contribution is 9.10. The van der Waals surface area contributed by atoms with Gasteiger partial charge in [-0.05, 0) is 36.2 Å². The van der Waals surface area contributed by atoms with Gasteiger partial charge in [-0.25, -0.2) is 0 Å². The summed E-state index contributed by atoms with van der Waals surface area (Å²) in [4.78, 5) is 2.24. The number of anilines is 1. The lowest BCUT2D eigenvalue weighted by Crippen LogP contribution is -2.17. The van der Waals surface area contributed by atoms with Crippen LogP contribution in [0.4, 0.5) is 5.69 Å². The summed E-state index contributed by atoms with van der Waals surface area (Å²) in [6, 6.07) is 14.8. The zero-order chi connectivity index (χ0) is 13.8. The van der Waals surface area contributed by atoms with Crippen LogP contribution in [0.15, 0.2) is 46.9 Å². The molecule has 0 aliphatic heterocycles. The van der Waals surface area contributed by atoms with Crippen LogP contribution in [0.25, 0.3) is 0 Å². The van der Waals surface area contributed by atoms with Gasteiger partial charge in [-0.15, -0.1) is 11.6 Å². The molecule has 1 nitrogen and oxygen atoms in total. The number of benzene rings is 2. The Labute approximate surface area is 128 Å². The number of hydrogen-bond donors (Lipinski definition) is 0. The minimum absolute atomic E-state index is 0.542. The molecule has 19 heavy (non-hydrogen) atoms. The first-order chi connectivity index (χ1) is 9.10. The first kappa shape index (κ1) is 14.4. The van der Waals surface area contributed by atoms with Crippen LogP contribution in [-0.4, -0.2) is 7.05 Å². The quantitative estimate of drug-likeness (QED) is 0.698. The van der Waals surface area contributed by atoms with E-state index in [9.17, 15) is 0 Å². The van der Waals surface area contributed by atoms with Gasteiger partial charge in [0.2, 0.25) is 0 Å². The third-order valence-electron chi connectivity index (χ3n) is 3.10. The first-order valence-electron chi connectivity index (χ1n) is 6.21. The molecule has 0 unspecified atom stereocenters. The Morgan fingerprint density at radius 1 is 1.16 bits per heavy atom. The van der Waals surface area contributed by atoms with Crippen LogP contribution in [0.3, 0.4) is 0 Å². The molecule has 2 aromatic rings. The number of halogens is 2. The molecule has 0 heterocycles. The maximum atomic E-state index is 6.04. The maximum Gasteiger partial charge on any atom is 0.0494 e. The fourth-order valence-electron chi connectivity index (χ4n) is 2.19. The molecule has 0 amide bonds. The molecule has 0 spiro atoms. The smallest absolute Gasteiger partial charge is 0.0494 e. The lowest BCUT2D eigenvalue weighted by atomic mass is 10.1. The second-order valence-corrected chi connectivity index (χ2v) is 5.93. The van der Waals surface area contributed by atoms with E-state index in [2.05, 4.69) is 71.2 Å². The van der Waals surface area contributed by atoms with Crippen molar-refractivity contribution < 1.29 is 0 Å². The Kier molecular flexibility index (Phi) is 4.89. The normalized spacial score (nSPS) is 10.5. The molecule has 0 aliphatic rings. The summed E-state index contributed by atoms with van der Waals surface area (Å²) in [7, 11) is 2.10. The Hall–Kier alpha value is -0.990. The van der Waals surface area contributed by atoms with Gasteiger partial charge in [0.25, 0.3) is 0 Å². The van der Waals surface area contributed by atoms with Crippen molar-refractivity contribution in [2.75, 3.05) is 11.9 Å². The van der Waals surface area contributed by atoms with Crippen molar-refractivity contribution in [3.8, 4) is 0 Å². The van der Waals surface area contributed by atoms with Crippen molar-refractivity contribution in [2.45, 2.75) is 19.3 Å². The summed E-state index contributed by atoms with van der Waals surface area (Å²) in [6.45, 7) is 2.96. The van der Waals surface area contributed by atoms with Gasteiger partial charge in [-0.2, -0.15) is 0 Å². The summed E-state index contributed by atoms with van der Waals surface area (Å²) in [5.74, 6) is 0.542. The molecule has 0 aromatic heterocycles. The van der Waals surface area contributed by atoms with Crippen LogP contribution in [0, 0.1) is 6.92 Å². The van der Waals surface area contributed by atoms with Crippen LogP contribution < -0.4 is 4.90 Å². The fraction of sp³-hybridized carbons (Fsp3) is 0.250. The number of hydrogen-bond acceptors (Lipinski definition) is 1. The predicted octanol–water partition coefficient (Wildman–Crippen LogP) is 5.13. The monoisotopic (exact) mass is 337 g/mol. The molecule has 2 rings (SSSR count). The third kappa shape index (κ3) is 3.74. The summed E-state index contributed by atoms with van der Waals surface area (Å²) >= 11 is 9.55. The molecule has 0 saturated heterocycles. The van der Waals surface area contributed by atoms with Crippen molar-refractivity contribution in [3.63, 3.8) is 0 Å². The van der Waals surface area contributed by atoms with Gasteiger partial charge in [-0.1, -0.05) is 45.8 Å². The van der Waals surface area contributed by atoms with E-state index in [4.69, 9.17) is 11.6 Å². The van der Waals surface area contributed by atoms with E-state index in [0.29, 0.717) is 5.88 Å².